The van der Waals surface area contributed by atoms with E-state index < -0.39 is 0 Å². The van der Waals surface area contributed by atoms with Crippen molar-refractivity contribution in [3.8, 4) is 0 Å². The molecule has 3 rings (SSSR count). The Bertz CT molecular complexity index is 748. The number of hydrogen-bond donors (Lipinski definition) is 0. The first-order chi connectivity index (χ1) is 13.7. The van der Waals surface area contributed by atoms with E-state index in [9.17, 15) is 9.18 Å². The number of rotatable bonds is 8. The smallest absolute Gasteiger partial charge is 0.227 e. The van der Waals surface area contributed by atoms with Crippen molar-refractivity contribution in [2.75, 3.05) is 24.5 Å². The van der Waals surface area contributed by atoms with E-state index in [1.807, 2.05) is 17.0 Å². The lowest BCUT2D eigenvalue weighted by Gasteiger charge is -2.38. The molecule has 1 aliphatic rings. The third kappa shape index (κ3) is 6.83. The third-order valence-electron chi connectivity index (χ3n) is 5.58. The Labute approximate surface area is 180 Å². The van der Waals surface area contributed by atoms with Gasteiger partial charge in [-0.05, 0) is 49.4 Å². The summed E-state index contributed by atoms with van der Waals surface area (Å²) in [5.41, 5.74) is 2.06. The first-order valence-corrected chi connectivity index (χ1v) is 10.5. The molecule has 1 heterocycles. The number of likely N-dealkylation sites (tertiary alicyclic amines) is 1. The average Bonchev–Trinajstić information content (AvgIpc) is 2.73. The summed E-state index contributed by atoms with van der Waals surface area (Å²) in [6, 6.07) is 17.2. The van der Waals surface area contributed by atoms with Crippen molar-refractivity contribution in [3.05, 3.63) is 66.0 Å². The SMILES string of the molecule is CCCCC(=O)N(c1cccc(F)c1)C1CCN(CCc2ccccc2)CC1.Cl. The number of amides is 1. The van der Waals surface area contributed by atoms with E-state index >= 15 is 0 Å². The van der Waals surface area contributed by atoms with Gasteiger partial charge in [0.1, 0.15) is 5.82 Å². The number of unbranched alkanes of at least 4 members (excludes halogenated alkanes) is 1. The van der Waals surface area contributed by atoms with Crippen molar-refractivity contribution in [2.45, 2.75) is 51.5 Å². The van der Waals surface area contributed by atoms with Gasteiger partial charge in [0.05, 0.1) is 0 Å². The van der Waals surface area contributed by atoms with Gasteiger partial charge in [0.25, 0.3) is 0 Å². The van der Waals surface area contributed by atoms with Crippen LogP contribution in [0.4, 0.5) is 10.1 Å². The summed E-state index contributed by atoms with van der Waals surface area (Å²) in [7, 11) is 0. The van der Waals surface area contributed by atoms with Gasteiger partial charge in [0.2, 0.25) is 5.91 Å². The maximum Gasteiger partial charge on any atom is 0.227 e. The molecule has 0 spiro atoms. The van der Waals surface area contributed by atoms with Gasteiger partial charge in [0.15, 0.2) is 0 Å². The molecule has 0 bridgehead atoms. The fourth-order valence-corrected chi connectivity index (χ4v) is 3.97. The molecule has 158 valence electrons. The number of halogens is 2. The Morgan fingerprint density at radius 1 is 1.10 bits per heavy atom. The number of anilines is 1. The molecule has 1 fully saturated rings. The highest BCUT2D eigenvalue weighted by Crippen LogP contribution is 2.26. The molecule has 0 unspecified atom stereocenters. The van der Waals surface area contributed by atoms with Crippen LogP contribution in [-0.4, -0.2) is 36.5 Å². The number of hydrogen-bond acceptors (Lipinski definition) is 2. The number of piperidine rings is 1. The monoisotopic (exact) mass is 418 g/mol. The van der Waals surface area contributed by atoms with E-state index in [-0.39, 0.29) is 30.2 Å². The fourth-order valence-electron chi connectivity index (χ4n) is 3.97. The lowest BCUT2D eigenvalue weighted by atomic mass is 10.0. The second kappa shape index (κ2) is 11.9. The van der Waals surface area contributed by atoms with E-state index in [2.05, 4.69) is 36.1 Å². The Morgan fingerprint density at radius 2 is 1.83 bits per heavy atom. The van der Waals surface area contributed by atoms with Crippen LogP contribution in [0.1, 0.15) is 44.6 Å². The van der Waals surface area contributed by atoms with E-state index in [4.69, 9.17) is 0 Å². The first-order valence-electron chi connectivity index (χ1n) is 10.5. The zero-order valence-electron chi connectivity index (χ0n) is 17.2. The molecule has 0 radical (unpaired) electrons. The second-order valence-corrected chi connectivity index (χ2v) is 7.66. The van der Waals surface area contributed by atoms with Crippen LogP contribution in [0.15, 0.2) is 54.6 Å². The highest BCUT2D eigenvalue weighted by Gasteiger charge is 2.28. The molecule has 1 aliphatic heterocycles. The molecule has 3 nitrogen and oxygen atoms in total. The van der Waals surface area contributed by atoms with Gasteiger partial charge in [-0.3, -0.25) is 4.79 Å². The van der Waals surface area contributed by atoms with E-state index in [0.717, 1.165) is 51.7 Å². The summed E-state index contributed by atoms with van der Waals surface area (Å²) < 4.78 is 13.8. The highest BCUT2D eigenvalue weighted by atomic mass is 35.5. The molecule has 0 saturated carbocycles. The molecule has 1 amide bonds. The second-order valence-electron chi connectivity index (χ2n) is 7.66. The zero-order valence-corrected chi connectivity index (χ0v) is 18.0. The van der Waals surface area contributed by atoms with Crippen LogP contribution in [0.3, 0.4) is 0 Å². The van der Waals surface area contributed by atoms with Crippen LogP contribution in [0.25, 0.3) is 0 Å². The topological polar surface area (TPSA) is 23.6 Å². The quantitative estimate of drug-likeness (QED) is 0.566. The van der Waals surface area contributed by atoms with E-state index in [0.29, 0.717) is 12.1 Å². The largest absolute Gasteiger partial charge is 0.309 e. The molecular weight excluding hydrogens is 387 g/mol. The maximum absolute atomic E-state index is 13.8. The van der Waals surface area contributed by atoms with Crippen molar-refractivity contribution >= 4 is 24.0 Å². The molecule has 0 aliphatic carbocycles. The minimum atomic E-state index is -0.286. The van der Waals surface area contributed by atoms with Crippen LogP contribution in [-0.2, 0) is 11.2 Å². The van der Waals surface area contributed by atoms with Crippen LogP contribution in [0, 0.1) is 5.82 Å². The van der Waals surface area contributed by atoms with Crippen molar-refractivity contribution < 1.29 is 9.18 Å². The summed E-state index contributed by atoms with van der Waals surface area (Å²) in [6.07, 6.45) is 5.31. The van der Waals surface area contributed by atoms with E-state index in [1.165, 1.54) is 17.7 Å². The molecule has 1 saturated heterocycles. The van der Waals surface area contributed by atoms with Gasteiger partial charge in [-0.25, -0.2) is 4.39 Å². The molecule has 0 aromatic heterocycles. The average molecular weight is 419 g/mol. The first kappa shape index (κ1) is 23.4. The Hall–Kier alpha value is -1.91. The Kier molecular flexibility index (Phi) is 9.62. The number of nitrogens with zero attached hydrogens (tertiary/aromatic N) is 2. The highest BCUT2D eigenvalue weighted by molar-refractivity contribution is 5.94. The van der Waals surface area contributed by atoms with Gasteiger partial charge in [-0.2, -0.15) is 0 Å². The molecular formula is C24H32ClFN2O. The Balaban J connectivity index is 0.00000300. The molecule has 29 heavy (non-hydrogen) atoms. The fraction of sp³-hybridized carbons (Fsp3) is 0.458. The summed E-state index contributed by atoms with van der Waals surface area (Å²) in [6.45, 7) is 5.08. The Morgan fingerprint density at radius 3 is 2.48 bits per heavy atom. The standard InChI is InChI=1S/C24H31FN2O.ClH/c1-2-3-12-24(28)27(23-11-7-10-21(25)19-23)22-14-17-26(18-15-22)16-13-20-8-5-4-6-9-20;/h4-11,19,22H,2-3,12-18H2,1H3;1H. The molecule has 2 aromatic rings. The molecule has 0 N–H and O–H groups in total. The minimum Gasteiger partial charge on any atom is -0.309 e. The summed E-state index contributed by atoms with van der Waals surface area (Å²) in [4.78, 5) is 17.2. The molecule has 0 atom stereocenters. The predicted octanol–water partition coefficient (Wildman–Crippen LogP) is 5.48. The van der Waals surface area contributed by atoms with Crippen LogP contribution < -0.4 is 4.90 Å². The molecule has 2 aromatic carbocycles. The van der Waals surface area contributed by atoms with Gasteiger partial charge in [-0.1, -0.05) is 49.7 Å². The van der Waals surface area contributed by atoms with E-state index in [1.54, 1.807) is 6.07 Å². The number of benzene rings is 2. The number of carbonyl (C=O) groups excluding carboxylic acids is 1. The number of carbonyl (C=O) groups is 1. The van der Waals surface area contributed by atoms with Gasteiger partial charge in [0, 0.05) is 37.8 Å². The lowest BCUT2D eigenvalue weighted by Crippen LogP contribution is -2.48. The predicted molar refractivity (Wildman–Crippen MR) is 120 cm³/mol. The van der Waals surface area contributed by atoms with Gasteiger partial charge < -0.3 is 9.80 Å². The van der Waals surface area contributed by atoms with Crippen molar-refractivity contribution in [1.82, 2.24) is 4.90 Å². The summed E-state index contributed by atoms with van der Waals surface area (Å²) in [5, 5.41) is 0. The summed E-state index contributed by atoms with van der Waals surface area (Å²) in [5.74, 6) is -0.165. The van der Waals surface area contributed by atoms with Gasteiger partial charge in [-0.15, -0.1) is 12.4 Å². The third-order valence-corrected chi connectivity index (χ3v) is 5.58. The minimum absolute atomic E-state index is 0. The van der Waals surface area contributed by atoms with Crippen LogP contribution in [0.2, 0.25) is 0 Å². The van der Waals surface area contributed by atoms with Crippen LogP contribution >= 0.6 is 12.4 Å². The van der Waals surface area contributed by atoms with Crippen molar-refractivity contribution in [2.24, 2.45) is 0 Å². The van der Waals surface area contributed by atoms with Gasteiger partial charge >= 0.3 is 0 Å². The lowest BCUT2D eigenvalue weighted by molar-refractivity contribution is -0.119. The summed E-state index contributed by atoms with van der Waals surface area (Å²) >= 11 is 0. The molecule has 5 heteroatoms. The normalized spacial score (nSPS) is 15.0. The maximum atomic E-state index is 13.8. The van der Waals surface area contributed by atoms with Crippen molar-refractivity contribution in [3.63, 3.8) is 0 Å². The van der Waals surface area contributed by atoms with Crippen molar-refractivity contribution in [1.29, 1.82) is 0 Å². The zero-order chi connectivity index (χ0) is 19.8. The van der Waals surface area contributed by atoms with Crippen LogP contribution in [0.5, 0.6) is 0 Å².